The van der Waals surface area contributed by atoms with Crippen molar-refractivity contribution in [2.45, 2.75) is 25.2 Å². The van der Waals surface area contributed by atoms with Crippen molar-refractivity contribution in [3.63, 3.8) is 0 Å². The maximum atomic E-state index is 5.31. The second-order valence-electron chi connectivity index (χ2n) is 4.38. The molecule has 2 aromatic heterocycles. The van der Waals surface area contributed by atoms with E-state index in [-0.39, 0.29) is 0 Å². The summed E-state index contributed by atoms with van der Waals surface area (Å²) in [6, 6.07) is 2.10. The minimum Gasteiger partial charge on any atom is -0.339 e. The molecule has 0 saturated carbocycles. The smallest absolute Gasteiger partial charge is 0.231 e. The van der Waals surface area contributed by atoms with Gasteiger partial charge in [-0.3, -0.25) is 0 Å². The van der Waals surface area contributed by atoms with Crippen LogP contribution in [0.3, 0.4) is 0 Å². The van der Waals surface area contributed by atoms with Gasteiger partial charge >= 0.3 is 0 Å². The van der Waals surface area contributed by atoms with E-state index >= 15 is 0 Å². The van der Waals surface area contributed by atoms with E-state index in [0.29, 0.717) is 5.92 Å². The van der Waals surface area contributed by atoms with Crippen LogP contribution in [-0.4, -0.2) is 23.2 Å². The minimum absolute atomic E-state index is 0.469. The molecule has 1 N–H and O–H groups in total. The van der Waals surface area contributed by atoms with Crippen molar-refractivity contribution in [3.05, 3.63) is 34.1 Å². The highest BCUT2D eigenvalue weighted by molar-refractivity contribution is 7.07. The Labute approximate surface area is 104 Å². The summed E-state index contributed by atoms with van der Waals surface area (Å²) in [5, 5.41) is 11.6. The van der Waals surface area contributed by atoms with Crippen LogP contribution in [-0.2, 0) is 6.42 Å². The fourth-order valence-electron chi connectivity index (χ4n) is 2.15. The van der Waals surface area contributed by atoms with Crippen LogP contribution >= 0.6 is 11.3 Å². The molecule has 0 atom stereocenters. The van der Waals surface area contributed by atoms with E-state index in [1.165, 1.54) is 5.56 Å². The lowest BCUT2D eigenvalue weighted by molar-refractivity contribution is 0.365. The summed E-state index contributed by atoms with van der Waals surface area (Å²) in [5.41, 5.74) is 1.25. The zero-order chi connectivity index (χ0) is 11.5. The summed E-state index contributed by atoms with van der Waals surface area (Å²) in [5.74, 6) is 2.09. The third-order valence-corrected chi connectivity index (χ3v) is 3.86. The number of hydrogen-bond acceptors (Lipinski definition) is 5. The standard InChI is InChI=1S/C12H15N3OS/c1-4-13-5-2-10(1)12-14-11(16-15-12)7-9-3-6-17-8-9/h3,6,8,10,13H,1-2,4-5,7H2. The molecule has 1 saturated heterocycles. The molecule has 2 aromatic rings. The van der Waals surface area contributed by atoms with Crippen LogP contribution in [0.25, 0.3) is 0 Å². The van der Waals surface area contributed by atoms with Crippen LogP contribution in [0.4, 0.5) is 0 Å². The Kier molecular flexibility index (Phi) is 3.20. The zero-order valence-corrected chi connectivity index (χ0v) is 10.4. The van der Waals surface area contributed by atoms with Crippen LogP contribution in [0.1, 0.15) is 36.0 Å². The third-order valence-electron chi connectivity index (χ3n) is 3.12. The van der Waals surface area contributed by atoms with Crippen molar-refractivity contribution in [1.29, 1.82) is 0 Å². The van der Waals surface area contributed by atoms with Gasteiger partial charge in [0.2, 0.25) is 5.89 Å². The van der Waals surface area contributed by atoms with E-state index in [1.54, 1.807) is 11.3 Å². The van der Waals surface area contributed by atoms with Crippen molar-refractivity contribution in [2.75, 3.05) is 13.1 Å². The van der Waals surface area contributed by atoms with Crippen molar-refractivity contribution in [3.8, 4) is 0 Å². The number of thiophene rings is 1. The molecule has 3 rings (SSSR count). The fraction of sp³-hybridized carbons (Fsp3) is 0.500. The fourth-order valence-corrected chi connectivity index (χ4v) is 2.82. The minimum atomic E-state index is 0.469. The van der Waals surface area contributed by atoms with Gasteiger partial charge in [-0.15, -0.1) is 0 Å². The number of aromatic nitrogens is 2. The van der Waals surface area contributed by atoms with E-state index in [1.807, 2.05) is 0 Å². The van der Waals surface area contributed by atoms with Gasteiger partial charge < -0.3 is 9.84 Å². The van der Waals surface area contributed by atoms with E-state index in [0.717, 1.165) is 44.1 Å². The first-order chi connectivity index (χ1) is 8.42. The second-order valence-corrected chi connectivity index (χ2v) is 5.16. The van der Waals surface area contributed by atoms with Crippen LogP contribution in [0.5, 0.6) is 0 Å². The highest BCUT2D eigenvalue weighted by Gasteiger charge is 2.20. The number of hydrogen-bond donors (Lipinski definition) is 1. The molecule has 0 unspecified atom stereocenters. The van der Waals surface area contributed by atoms with Gasteiger partial charge in [-0.1, -0.05) is 5.16 Å². The highest BCUT2D eigenvalue weighted by Crippen LogP contribution is 2.23. The molecule has 4 nitrogen and oxygen atoms in total. The van der Waals surface area contributed by atoms with Gasteiger partial charge in [-0.05, 0) is 48.3 Å². The first-order valence-electron chi connectivity index (χ1n) is 5.96. The first kappa shape index (κ1) is 10.9. The molecule has 1 aliphatic heterocycles. The maximum absolute atomic E-state index is 5.31. The largest absolute Gasteiger partial charge is 0.339 e. The van der Waals surface area contributed by atoms with Gasteiger partial charge in [0, 0.05) is 5.92 Å². The second kappa shape index (κ2) is 4.98. The molecule has 0 aliphatic carbocycles. The molecule has 0 radical (unpaired) electrons. The average molecular weight is 249 g/mol. The number of piperidine rings is 1. The molecule has 3 heterocycles. The predicted octanol–water partition coefficient (Wildman–Crippen LogP) is 2.19. The lowest BCUT2D eigenvalue weighted by Gasteiger charge is -2.18. The van der Waals surface area contributed by atoms with E-state index in [9.17, 15) is 0 Å². The normalized spacial score (nSPS) is 17.4. The number of nitrogens with one attached hydrogen (secondary N) is 1. The summed E-state index contributed by atoms with van der Waals surface area (Å²) < 4.78 is 5.31. The molecule has 0 aromatic carbocycles. The van der Waals surface area contributed by atoms with Crippen molar-refractivity contribution < 1.29 is 4.52 Å². The molecule has 1 fully saturated rings. The summed E-state index contributed by atoms with van der Waals surface area (Å²) in [6.45, 7) is 2.11. The third kappa shape index (κ3) is 2.56. The molecular weight excluding hydrogens is 234 g/mol. The first-order valence-corrected chi connectivity index (χ1v) is 6.90. The van der Waals surface area contributed by atoms with E-state index in [2.05, 4.69) is 32.3 Å². The number of nitrogens with zero attached hydrogens (tertiary/aromatic N) is 2. The Hall–Kier alpha value is -1.20. The van der Waals surface area contributed by atoms with Crippen LogP contribution < -0.4 is 5.32 Å². The van der Waals surface area contributed by atoms with Crippen molar-refractivity contribution in [1.82, 2.24) is 15.5 Å². The Morgan fingerprint density at radius 2 is 2.29 bits per heavy atom. The van der Waals surface area contributed by atoms with E-state index < -0.39 is 0 Å². The van der Waals surface area contributed by atoms with Crippen LogP contribution in [0.2, 0.25) is 0 Å². The molecule has 0 spiro atoms. The van der Waals surface area contributed by atoms with Gasteiger partial charge in [-0.25, -0.2) is 0 Å². The molecule has 0 amide bonds. The summed E-state index contributed by atoms with van der Waals surface area (Å²) in [4.78, 5) is 4.51. The summed E-state index contributed by atoms with van der Waals surface area (Å²) in [7, 11) is 0. The Balaban J connectivity index is 1.69. The molecular formula is C12H15N3OS. The predicted molar refractivity (Wildman–Crippen MR) is 66.3 cm³/mol. The van der Waals surface area contributed by atoms with Gasteiger partial charge in [-0.2, -0.15) is 16.3 Å². The lowest BCUT2D eigenvalue weighted by atomic mass is 9.98. The van der Waals surface area contributed by atoms with E-state index in [4.69, 9.17) is 4.52 Å². The molecule has 0 bridgehead atoms. The van der Waals surface area contributed by atoms with Crippen LogP contribution in [0, 0.1) is 0 Å². The lowest BCUT2D eigenvalue weighted by Crippen LogP contribution is -2.27. The quantitative estimate of drug-likeness (QED) is 0.906. The summed E-state index contributed by atoms with van der Waals surface area (Å²) in [6.07, 6.45) is 2.97. The van der Waals surface area contributed by atoms with Crippen LogP contribution in [0.15, 0.2) is 21.3 Å². The topological polar surface area (TPSA) is 51.0 Å². The molecule has 1 aliphatic rings. The van der Waals surface area contributed by atoms with Gasteiger partial charge in [0.05, 0.1) is 6.42 Å². The SMILES string of the molecule is c1cc(Cc2nc(C3CCNCC3)no2)cs1. The molecule has 90 valence electrons. The van der Waals surface area contributed by atoms with Gasteiger partial charge in [0.1, 0.15) is 0 Å². The van der Waals surface area contributed by atoms with Crippen molar-refractivity contribution in [2.24, 2.45) is 0 Å². The average Bonchev–Trinajstić information content (AvgIpc) is 3.02. The Morgan fingerprint density at radius 1 is 1.41 bits per heavy atom. The molecule has 17 heavy (non-hydrogen) atoms. The Bertz CT molecular complexity index is 460. The zero-order valence-electron chi connectivity index (χ0n) is 9.56. The maximum Gasteiger partial charge on any atom is 0.231 e. The van der Waals surface area contributed by atoms with Crippen molar-refractivity contribution >= 4 is 11.3 Å². The number of rotatable bonds is 3. The van der Waals surface area contributed by atoms with Gasteiger partial charge in [0.25, 0.3) is 0 Å². The summed E-state index contributed by atoms with van der Waals surface area (Å²) >= 11 is 1.70. The highest BCUT2D eigenvalue weighted by atomic mass is 32.1. The molecule has 5 heteroatoms. The monoisotopic (exact) mass is 249 g/mol. The van der Waals surface area contributed by atoms with Gasteiger partial charge in [0.15, 0.2) is 5.82 Å². The Morgan fingerprint density at radius 3 is 3.06 bits per heavy atom.